The molecule has 4 aromatic rings. The number of nitrogens with one attached hydrogen (secondary N) is 2. The molecule has 33 heavy (non-hydrogen) atoms. The Morgan fingerprint density at radius 3 is 2.48 bits per heavy atom. The molecule has 8 nitrogen and oxygen atoms in total. The van der Waals surface area contributed by atoms with Crippen LogP contribution in [0.1, 0.15) is 21.5 Å². The van der Waals surface area contributed by atoms with E-state index >= 15 is 0 Å². The summed E-state index contributed by atoms with van der Waals surface area (Å²) in [6.07, 6.45) is 0. The number of amides is 2. The number of carbonyl (C=O) groups is 2. The van der Waals surface area contributed by atoms with Crippen LogP contribution in [-0.4, -0.2) is 37.8 Å². The first-order valence-corrected chi connectivity index (χ1v) is 11.3. The second-order valence-electron chi connectivity index (χ2n) is 7.21. The molecule has 9 heteroatoms. The van der Waals surface area contributed by atoms with Gasteiger partial charge in [-0.05, 0) is 46.7 Å². The van der Waals surface area contributed by atoms with Gasteiger partial charge in [0, 0.05) is 6.54 Å². The third-order valence-corrected chi connectivity index (χ3v) is 5.78. The van der Waals surface area contributed by atoms with E-state index in [0.717, 1.165) is 16.8 Å². The van der Waals surface area contributed by atoms with Gasteiger partial charge >= 0.3 is 0 Å². The molecule has 166 valence electrons. The SMILES string of the molecule is Cc1ccccc1-n1nnnc1SCC(=O)Nc1ccccc1C(=O)NCc1ccccc1. The van der Waals surface area contributed by atoms with Crippen LogP contribution < -0.4 is 10.6 Å². The molecule has 1 heterocycles. The first kappa shape index (κ1) is 22.2. The monoisotopic (exact) mass is 458 g/mol. The highest BCUT2D eigenvalue weighted by Gasteiger charge is 2.16. The standard InChI is InChI=1S/C24H22N6O2S/c1-17-9-5-8-14-21(17)30-24(27-28-29-30)33-16-22(31)26-20-13-7-6-12-19(20)23(32)25-15-18-10-3-2-4-11-18/h2-14H,15-16H2,1H3,(H,25,32)(H,26,31). The molecule has 0 bridgehead atoms. The Hall–Kier alpha value is -3.98. The molecular weight excluding hydrogens is 436 g/mol. The Labute approximate surface area is 195 Å². The molecule has 0 aliphatic carbocycles. The lowest BCUT2D eigenvalue weighted by Crippen LogP contribution is -2.25. The van der Waals surface area contributed by atoms with E-state index in [1.807, 2.05) is 61.5 Å². The van der Waals surface area contributed by atoms with E-state index in [-0.39, 0.29) is 17.6 Å². The smallest absolute Gasteiger partial charge is 0.253 e. The maximum Gasteiger partial charge on any atom is 0.253 e. The number of carbonyl (C=O) groups excluding carboxylic acids is 2. The second-order valence-corrected chi connectivity index (χ2v) is 8.15. The fourth-order valence-electron chi connectivity index (χ4n) is 3.20. The van der Waals surface area contributed by atoms with Gasteiger partial charge in [0.15, 0.2) is 0 Å². The van der Waals surface area contributed by atoms with E-state index < -0.39 is 0 Å². The summed E-state index contributed by atoms with van der Waals surface area (Å²) in [6, 6.07) is 24.3. The van der Waals surface area contributed by atoms with Gasteiger partial charge in [0.1, 0.15) is 0 Å². The highest BCUT2D eigenvalue weighted by Crippen LogP contribution is 2.21. The number of benzene rings is 3. The van der Waals surface area contributed by atoms with Crippen molar-refractivity contribution in [1.82, 2.24) is 25.5 Å². The van der Waals surface area contributed by atoms with Gasteiger partial charge in [0.2, 0.25) is 11.1 Å². The maximum atomic E-state index is 12.7. The lowest BCUT2D eigenvalue weighted by atomic mass is 10.1. The van der Waals surface area contributed by atoms with Gasteiger partial charge in [-0.25, -0.2) is 0 Å². The third kappa shape index (κ3) is 5.64. The van der Waals surface area contributed by atoms with Gasteiger partial charge < -0.3 is 10.6 Å². The zero-order valence-corrected chi connectivity index (χ0v) is 18.7. The fourth-order valence-corrected chi connectivity index (χ4v) is 3.88. The molecule has 0 aliphatic heterocycles. The van der Waals surface area contributed by atoms with E-state index in [9.17, 15) is 9.59 Å². The summed E-state index contributed by atoms with van der Waals surface area (Å²) >= 11 is 1.22. The average molecular weight is 459 g/mol. The van der Waals surface area contributed by atoms with Crippen LogP contribution in [0.15, 0.2) is 84.0 Å². The number of anilines is 1. The molecule has 3 aromatic carbocycles. The molecule has 0 fully saturated rings. The molecule has 4 rings (SSSR count). The summed E-state index contributed by atoms with van der Waals surface area (Å²) < 4.78 is 1.61. The normalized spacial score (nSPS) is 10.6. The number of para-hydroxylation sites is 2. The molecule has 0 atom stereocenters. The van der Waals surface area contributed by atoms with E-state index in [4.69, 9.17) is 0 Å². The summed E-state index contributed by atoms with van der Waals surface area (Å²) in [6.45, 7) is 2.37. The van der Waals surface area contributed by atoms with Crippen LogP contribution in [0.25, 0.3) is 5.69 Å². The van der Waals surface area contributed by atoms with Crippen LogP contribution in [0, 0.1) is 6.92 Å². The van der Waals surface area contributed by atoms with E-state index in [1.54, 1.807) is 28.9 Å². The van der Waals surface area contributed by atoms with Crippen LogP contribution in [0.5, 0.6) is 0 Å². The van der Waals surface area contributed by atoms with E-state index in [1.165, 1.54) is 11.8 Å². The van der Waals surface area contributed by atoms with Gasteiger partial charge in [-0.1, -0.05) is 72.4 Å². The Kier molecular flexibility index (Phi) is 7.11. The number of rotatable bonds is 8. The van der Waals surface area contributed by atoms with Crippen LogP contribution >= 0.6 is 11.8 Å². The number of hydrogen-bond donors (Lipinski definition) is 2. The van der Waals surface area contributed by atoms with Crippen LogP contribution in [0.4, 0.5) is 5.69 Å². The highest BCUT2D eigenvalue weighted by molar-refractivity contribution is 7.99. The van der Waals surface area contributed by atoms with Gasteiger partial charge in [-0.3, -0.25) is 9.59 Å². The predicted octanol–water partition coefficient (Wildman–Crippen LogP) is 3.63. The quantitative estimate of drug-likeness (QED) is 0.391. The molecule has 0 saturated heterocycles. The van der Waals surface area contributed by atoms with E-state index in [0.29, 0.717) is 23.0 Å². The molecule has 1 aromatic heterocycles. The zero-order chi connectivity index (χ0) is 23.0. The second kappa shape index (κ2) is 10.6. The average Bonchev–Trinajstić information content (AvgIpc) is 3.31. The molecule has 0 spiro atoms. The molecular formula is C24H22N6O2S. The number of tetrazole rings is 1. The lowest BCUT2D eigenvalue weighted by Gasteiger charge is -2.12. The van der Waals surface area contributed by atoms with Crippen LogP contribution in [0.3, 0.4) is 0 Å². The Morgan fingerprint density at radius 2 is 1.67 bits per heavy atom. The fraction of sp³-hybridized carbons (Fsp3) is 0.125. The van der Waals surface area contributed by atoms with E-state index in [2.05, 4.69) is 26.2 Å². The van der Waals surface area contributed by atoms with Gasteiger partial charge in [0.05, 0.1) is 22.7 Å². The van der Waals surface area contributed by atoms with Gasteiger partial charge in [0.25, 0.3) is 5.91 Å². The van der Waals surface area contributed by atoms with Crippen molar-refractivity contribution < 1.29 is 9.59 Å². The third-order valence-electron chi connectivity index (χ3n) is 4.86. The number of aromatic nitrogens is 4. The van der Waals surface area contributed by atoms with Gasteiger partial charge in [-0.15, -0.1) is 5.10 Å². The molecule has 0 aliphatic rings. The van der Waals surface area contributed by atoms with Crippen molar-refractivity contribution in [2.45, 2.75) is 18.6 Å². The molecule has 2 N–H and O–H groups in total. The summed E-state index contributed by atoms with van der Waals surface area (Å²) in [5, 5.41) is 18.0. The van der Waals surface area contributed by atoms with Crippen molar-refractivity contribution in [3.05, 3.63) is 95.6 Å². The minimum absolute atomic E-state index is 0.0895. The summed E-state index contributed by atoms with van der Waals surface area (Å²) in [4.78, 5) is 25.3. The van der Waals surface area contributed by atoms with Crippen LogP contribution in [0.2, 0.25) is 0 Å². The number of nitrogens with zero attached hydrogens (tertiary/aromatic N) is 4. The molecule has 0 saturated carbocycles. The molecule has 0 unspecified atom stereocenters. The summed E-state index contributed by atoms with van der Waals surface area (Å²) in [5.41, 5.74) is 3.72. The topological polar surface area (TPSA) is 102 Å². The van der Waals surface area contributed by atoms with Crippen molar-refractivity contribution >= 4 is 29.3 Å². The highest BCUT2D eigenvalue weighted by atomic mass is 32.2. The first-order valence-electron chi connectivity index (χ1n) is 10.3. The van der Waals surface area contributed by atoms with Crippen molar-refractivity contribution in [2.24, 2.45) is 0 Å². The summed E-state index contributed by atoms with van der Waals surface area (Å²) in [5.74, 6) is -0.430. The first-order chi connectivity index (χ1) is 16.1. The van der Waals surface area contributed by atoms with Crippen molar-refractivity contribution in [2.75, 3.05) is 11.1 Å². The van der Waals surface area contributed by atoms with Crippen molar-refractivity contribution in [3.63, 3.8) is 0 Å². The zero-order valence-electron chi connectivity index (χ0n) is 17.9. The largest absolute Gasteiger partial charge is 0.348 e. The number of hydrogen-bond acceptors (Lipinski definition) is 6. The summed E-state index contributed by atoms with van der Waals surface area (Å²) in [7, 11) is 0. The number of aryl methyl sites for hydroxylation is 1. The Morgan fingerprint density at radius 1 is 0.939 bits per heavy atom. The predicted molar refractivity (Wildman–Crippen MR) is 127 cm³/mol. The molecule has 2 amide bonds. The van der Waals surface area contributed by atoms with Crippen molar-refractivity contribution in [3.8, 4) is 5.69 Å². The van der Waals surface area contributed by atoms with Crippen molar-refractivity contribution in [1.29, 1.82) is 0 Å². The maximum absolute atomic E-state index is 12.7. The minimum Gasteiger partial charge on any atom is -0.348 e. The lowest BCUT2D eigenvalue weighted by molar-refractivity contribution is -0.113. The minimum atomic E-state index is -0.261. The Balaban J connectivity index is 1.39. The van der Waals surface area contributed by atoms with Crippen LogP contribution in [-0.2, 0) is 11.3 Å². The number of thioether (sulfide) groups is 1. The molecule has 0 radical (unpaired) electrons. The Bertz CT molecular complexity index is 1260. The van der Waals surface area contributed by atoms with Gasteiger partial charge in [-0.2, -0.15) is 4.68 Å².